The lowest BCUT2D eigenvalue weighted by Crippen LogP contribution is -2.04. The van der Waals surface area contributed by atoms with Gasteiger partial charge >= 0.3 is 6.18 Å². The molecule has 2 aromatic rings. The summed E-state index contributed by atoms with van der Waals surface area (Å²) in [5, 5.41) is 0. The van der Waals surface area contributed by atoms with Crippen LogP contribution in [-0.4, -0.2) is 4.98 Å². The van der Waals surface area contributed by atoms with Gasteiger partial charge in [0.25, 0.3) is 0 Å². The van der Waals surface area contributed by atoms with Gasteiger partial charge in [-0.2, -0.15) is 13.2 Å². The summed E-state index contributed by atoms with van der Waals surface area (Å²) in [7, 11) is 0. The van der Waals surface area contributed by atoms with Crippen molar-refractivity contribution in [3.63, 3.8) is 0 Å². The van der Waals surface area contributed by atoms with Gasteiger partial charge in [-0.25, -0.2) is 0 Å². The predicted octanol–water partition coefficient (Wildman–Crippen LogP) is 6.45. The first-order valence-corrected chi connectivity index (χ1v) is 8.61. The van der Waals surface area contributed by atoms with E-state index in [1.165, 1.54) is 37.0 Å². The first-order valence-electron chi connectivity index (χ1n) is 8.61. The van der Waals surface area contributed by atoms with E-state index in [-0.39, 0.29) is 0 Å². The second-order valence-corrected chi connectivity index (χ2v) is 6.09. The summed E-state index contributed by atoms with van der Waals surface area (Å²) < 4.78 is 38.1. The Labute approximate surface area is 141 Å². The molecule has 2 rings (SSSR count). The third-order valence-electron chi connectivity index (χ3n) is 4.14. The molecule has 0 atom stereocenters. The Hall–Kier alpha value is -1.84. The van der Waals surface area contributed by atoms with E-state index in [4.69, 9.17) is 0 Å². The van der Waals surface area contributed by atoms with E-state index < -0.39 is 11.7 Å². The Balaban J connectivity index is 2.22. The fourth-order valence-corrected chi connectivity index (χ4v) is 2.69. The number of alkyl halides is 3. The Morgan fingerprint density at radius 2 is 1.62 bits per heavy atom. The number of hydrogen-bond donors (Lipinski definition) is 0. The molecule has 130 valence electrons. The molecule has 0 aliphatic carbocycles. The van der Waals surface area contributed by atoms with Crippen molar-refractivity contribution in [3.05, 3.63) is 53.2 Å². The Bertz CT molecular complexity index is 645. The van der Waals surface area contributed by atoms with E-state index in [1.807, 2.05) is 6.07 Å². The number of hydrogen-bond acceptors (Lipinski definition) is 1. The summed E-state index contributed by atoms with van der Waals surface area (Å²) in [4.78, 5) is 4.66. The van der Waals surface area contributed by atoms with Crippen LogP contribution in [0.3, 0.4) is 0 Å². The number of unbranched alkanes of at least 4 members (excludes halogenated alkanes) is 3. The van der Waals surface area contributed by atoms with E-state index in [2.05, 4.69) is 24.9 Å². The molecule has 0 saturated heterocycles. The molecule has 24 heavy (non-hydrogen) atoms. The molecular formula is C20H24F3N. The summed E-state index contributed by atoms with van der Waals surface area (Å²) in [6.45, 7) is 4.26. The fourth-order valence-electron chi connectivity index (χ4n) is 2.69. The van der Waals surface area contributed by atoms with Crippen LogP contribution in [0.1, 0.15) is 56.4 Å². The first-order chi connectivity index (χ1) is 11.4. The summed E-state index contributed by atoms with van der Waals surface area (Å²) in [5.41, 5.74) is 3.06. The maximum absolute atomic E-state index is 12.7. The number of rotatable bonds is 7. The zero-order valence-electron chi connectivity index (χ0n) is 14.3. The van der Waals surface area contributed by atoms with Crippen LogP contribution < -0.4 is 0 Å². The van der Waals surface area contributed by atoms with Crippen LogP contribution in [0.25, 0.3) is 11.3 Å². The third kappa shape index (κ3) is 5.08. The van der Waals surface area contributed by atoms with E-state index in [9.17, 15) is 13.2 Å². The molecular weight excluding hydrogens is 311 g/mol. The highest BCUT2D eigenvalue weighted by Gasteiger charge is 2.30. The molecule has 1 heterocycles. The lowest BCUT2D eigenvalue weighted by atomic mass is 10.0. The molecule has 0 unspecified atom stereocenters. The Morgan fingerprint density at radius 3 is 2.21 bits per heavy atom. The van der Waals surface area contributed by atoms with Crippen LogP contribution in [0.2, 0.25) is 0 Å². The quantitative estimate of drug-likeness (QED) is 0.530. The minimum Gasteiger partial charge on any atom is -0.253 e. The number of aryl methyl sites for hydroxylation is 2. The van der Waals surface area contributed by atoms with E-state index in [1.54, 1.807) is 0 Å². The van der Waals surface area contributed by atoms with Gasteiger partial charge in [0.05, 0.1) is 11.3 Å². The van der Waals surface area contributed by atoms with Gasteiger partial charge in [-0.05, 0) is 49.1 Å². The van der Waals surface area contributed by atoms with Gasteiger partial charge in [-0.3, -0.25) is 4.98 Å². The average molecular weight is 335 g/mol. The highest BCUT2D eigenvalue weighted by atomic mass is 19.4. The van der Waals surface area contributed by atoms with Gasteiger partial charge in [0.2, 0.25) is 0 Å². The van der Waals surface area contributed by atoms with Crippen LogP contribution >= 0.6 is 0 Å². The molecule has 0 bridgehead atoms. The summed E-state index contributed by atoms with van der Waals surface area (Å²) in [5.74, 6) is 0. The fraction of sp³-hybridized carbons (Fsp3) is 0.450. The minimum absolute atomic E-state index is 0.627. The highest BCUT2D eigenvalue weighted by molar-refractivity contribution is 5.60. The predicted molar refractivity (Wildman–Crippen MR) is 91.9 cm³/mol. The van der Waals surface area contributed by atoms with Gasteiger partial charge in [-0.15, -0.1) is 0 Å². The molecule has 4 heteroatoms. The summed E-state index contributed by atoms with van der Waals surface area (Å²) in [6, 6.07) is 9.34. The van der Waals surface area contributed by atoms with Crippen molar-refractivity contribution in [2.75, 3.05) is 0 Å². The van der Waals surface area contributed by atoms with Crippen molar-refractivity contribution < 1.29 is 13.2 Å². The van der Waals surface area contributed by atoms with Crippen LogP contribution in [0, 0.1) is 0 Å². The maximum atomic E-state index is 12.7. The van der Waals surface area contributed by atoms with Crippen molar-refractivity contribution in [2.24, 2.45) is 0 Å². The number of nitrogens with zero attached hydrogens (tertiary/aromatic N) is 1. The van der Waals surface area contributed by atoms with Gasteiger partial charge in [0, 0.05) is 11.3 Å². The zero-order chi connectivity index (χ0) is 17.6. The first kappa shape index (κ1) is 18.5. The van der Waals surface area contributed by atoms with Crippen molar-refractivity contribution in [1.82, 2.24) is 4.98 Å². The number of pyridine rings is 1. The molecule has 0 spiro atoms. The van der Waals surface area contributed by atoms with Crippen LogP contribution in [0.15, 0.2) is 36.4 Å². The van der Waals surface area contributed by atoms with Crippen molar-refractivity contribution in [2.45, 2.75) is 58.5 Å². The number of benzene rings is 1. The topological polar surface area (TPSA) is 12.9 Å². The summed E-state index contributed by atoms with van der Waals surface area (Å²) in [6.07, 6.45) is 2.20. The molecule has 0 fully saturated rings. The van der Waals surface area contributed by atoms with Gasteiger partial charge in [0.15, 0.2) is 0 Å². The molecule has 0 amide bonds. The smallest absolute Gasteiger partial charge is 0.253 e. The monoisotopic (exact) mass is 335 g/mol. The third-order valence-corrected chi connectivity index (χ3v) is 4.14. The van der Waals surface area contributed by atoms with Crippen molar-refractivity contribution in [1.29, 1.82) is 0 Å². The molecule has 1 aromatic carbocycles. The lowest BCUT2D eigenvalue weighted by Gasteiger charge is -2.10. The molecule has 1 nitrogen and oxygen atoms in total. The number of aromatic nitrogens is 1. The molecule has 0 N–H and O–H groups in total. The Morgan fingerprint density at radius 1 is 0.917 bits per heavy atom. The van der Waals surface area contributed by atoms with Crippen molar-refractivity contribution >= 4 is 0 Å². The average Bonchev–Trinajstić information content (AvgIpc) is 2.58. The number of halogens is 3. The van der Waals surface area contributed by atoms with Gasteiger partial charge < -0.3 is 0 Å². The normalized spacial score (nSPS) is 11.7. The van der Waals surface area contributed by atoms with Crippen LogP contribution in [-0.2, 0) is 19.0 Å². The van der Waals surface area contributed by atoms with Gasteiger partial charge in [-0.1, -0.05) is 45.2 Å². The second kappa shape index (κ2) is 8.32. The highest BCUT2D eigenvalue weighted by Crippen LogP contribution is 2.31. The van der Waals surface area contributed by atoms with E-state index >= 15 is 0 Å². The summed E-state index contributed by atoms with van der Waals surface area (Å²) >= 11 is 0. The van der Waals surface area contributed by atoms with Crippen molar-refractivity contribution in [3.8, 4) is 11.3 Å². The molecule has 0 radical (unpaired) electrons. The van der Waals surface area contributed by atoms with Gasteiger partial charge in [0.1, 0.15) is 0 Å². The molecule has 0 saturated carbocycles. The Kier molecular flexibility index (Phi) is 6.41. The lowest BCUT2D eigenvalue weighted by molar-refractivity contribution is -0.137. The maximum Gasteiger partial charge on any atom is 0.416 e. The molecule has 0 aliphatic heterocycles. The minimum atomic E-state index is -4.30. The SMILES string of the molecule is CCCCCCc1cc(CC)cc(-c2ccc(C(F)(F)F)cc2)n1. The molecule has 0 aliphatic rings. The van der Waals surface area contributed by atoms with E-state index in [0.717, 1.165) is 48.3 Å². The van der Waals surface area contributed by atoms with Crippen LogP contribution in [0.4, 0.5) is 13.2 Å². The second-order valence-electron chi connectivity index (χ2n) is 6.09. The zero-order valence-corrected chi connectivity index (χ0v) is 14.3. The largest absolute Gasteiger partial charge is 0.416 e. The molecule has 1 aromatic heterocycles. The standard InChI is InChI=1S/C20H24F3N/c1-3-5-6-7-8-18-13-15(4-2)14-19(24-18)16-9-11-17(12-10-16)20(21,22)23/h9-14H,3-8H2,1-2H3. The van der Waals surface area contributed by atoms with E-state index in [0.29, 0.717) is 0 Å². The van der Waals surface area contributed by atoms with Crippen LogP contribution in [0.5, 0.6) is 0 Å².